The van der Waals surface area contributed by atoms with Gasteiger partial charge in [0.25, 0.3) is 0 Å². The summed E-state index contributed by atoms with van der Waals surface area (Å²) in [6, 6.07) is 8.60. The van der Waals surface area contributed by atoms with Crippen molar-refractivity contribution in [2.75, 3.05) is 36.4 Å². The lowest BCUT2D eigenvalue weighted by atomic mass is 10.0. The molecule has 5 rings (SSSR count). The number of rotatable bonds is 8. The molecule has 0 bridgehead atoms. The highest BCUT2D eigenvalue weighted by atomic mass is 16.2. The Morgan fingerprint density at radius 1 is 1.16 bits per heavy atom. The maximum absolute atomic E-state index is 12.8. The summed E-state index contributed by atoms with van der Waals surface area (Å²) in [5, 5.41) is 3.41. The molecular formula is C28H36N8O2. The molecule has 10 heteroatoms. The van der Waals surface area contributed by atoms with Crippen LogP contribution in [0.4, 0.5) is 11.8 Å². The minimum absolute atomic E-state index is 0.00444. The molecule has 2 saturated heterocycles. The highest BCUT2D eigenvalue weighted by molar-refractivity contribution is 6.01. The molecule has 2 amide bonds. The van der Waals surface area contributed by atoms with E-state index in [2.05, 4.69) is 76.8 Å². The van der Waals surface area contributed by atoms with E-state index in [0.29, 0.717) is 35.3 Å². The first-order chi connectivity index (χ1) is 18.3. The fraction of sp³-hybridized carbons (Fsp3) is 0.464. The van der Waals surface area contributed by atoms with Gasteiger partial charge in [-0.25, -0.2) is 4.98 Å². The Kier molecular flexibility index (Phi) is 7.42. The number of H-pyrrole nitrogens is 1. The smallest absolute Gasteiger partial charge is 0.246 e. The SMILES string of the molecule is C=CC(=O)N1CCN(Cc2ccc([C@H](C)Nc3nc(N4C(=O)CC[C@@H]4C(C)C)c4[nH]cnc4n3)cc2)CC1. The molecule has 2 fully saturated rings. The lowest BCUT2D eigenvalue weighted by Gasteiger charge is -2.34. The van der Waals surface area contributed by atoms with Crippen LogP contribution < -0.4 is 10.2 Å². The second kappa shape index (κ2) is 10.9. The molecule has 0 aliphatic carbocycles. The molecule has 10 nitrogen and oxygen atoms in total. The summed E-state index contributed by atoms with van der Waals surface area (Å²) in [6.07, 6.45) is 4.33. The van der Waals surface area contributed by atoms with E-state index in [0.717, 1.165) is 44.7 Å². The van der Waals surface area contributed by atoms with Crippen LogP contribution in [0.3, 0.4) is 0 Å². The summed E-state index contributed by atoms with van der Waals surface area (Å²) in [4.78, 5) is 47.5. The van der Waals surface area contributed by atoms with Crippen LogP contribution in [-0.4, -0.2) is 73.8 Å². The van der Waals surface area contributed by atoms with Gasteiger partial charge >= 0.3 is 0 Å². The molecular weight excluding hydrogens is 480 g/mol. The van der Waals surface area contributed by atoms with Gasteiger partial charge < -0.3 is 15.2 Å². The zero-order chi connectivity index (χ0) is 26.8. The van der Waals surface area contributed by atoms with Crippen molar-refractivity contribution in [2.45, 2.75) is 52.2 Å². The predicted octanol–water partition coefficient (Wildman–Crippen LogP) is 3.51. The molecule has 1 aromatic carbocycles. The zero-order valence-electron chi connectivity index (χ0n) is 22.4. The number of nitrogens with one attached hydrogen (secondary N) is 2. The van der Waals surface area contributed by atoms with Crippen LogP contribution in [0.5, 0.6) is 0 Å². The van der Waals surface area contributed by atoms with Gasteiger partial charge in [-0.1, -0.05) is 44.7 Å². The molecule has 0 radical (unpaired) electrons. The van der Waals surface area contributed by atoms with E-state index in [4.69, 9.17) is 4.98 Å². The molecule has 4 heterocycles. The fourth-order valence-electron chi connectivity index (χ4n) is 5.37. The van der Waals surface area contributed by atoms with Gasteiger partial charge in [0.2, 0.25) is 17.8 Å². The molecule has 2 aromatic heterocycles. The number of fused-ring (bicyclic) bond motifs is 1. The van der Waals surface area contributed by atoms with Crippen molar-refractivity contribution < 1.29 is 9.59 Å². The van der Waals surface area contributed by atoms with Crippen LogP contribution in [0, 0.1) is 5.92 Å². The molecule has 200 valence electrons. The first-order valence-corrected chi connectivity index (χ1v) is 13.4. The standard InChI is InChI=1S/C28H36N8O2/c1-5-23(37)35-14-12-34(13-15-35)16-20-6-8-21(9-7-20)19(4)31-28-32-26-25(29-17-30-26)27(33-28)36-22(18(2)3)10-11-24(36)38/h5-9,17-19,22H,1,10-16H2,2-4H3,(H2,29,30,31,32,33)/t19-,22+/m0/s1. The van der Waals surface area contributed by atoms with Gasteiger partial charge in [0, 0.05) is 45.2 Å². The van der Waals surface area contributed by atoms with Crippen LogP contribution in [0.2, 0.25) is 0 Å². The monoisotopic (exact) mass is 516 g/mol. The van der Waals surface area contributed by atoms with Crippen molar-refractivity contribution in [3.63, 3.8) is 0 Å². The summed E-state index contributed by atoms with van der Waals surface area (Å²) in [6.45, 7) is 13.9. The van der Waals surface area contributed by atoms with Crippen LogP contribution in [0.1, 0.15) is 50.8 Å². The third-order valence-electron chi connectivity index (χ3n) is 7.61. The zero-order valence-corrected chi connectivity index (χ0v) is 22.4. The van der Waals surface area contributed by atoms with E-state index in [1.165, 1.54) is 11.6 Å². The van der Waals surface area contributed by atoms with Crippen molar-refractivity contribution in [3.8, 4) is 0 Å². The average molecular weight is 517 g/mol. The molecule has 0 unspecified atom stereocenters. The number of carbonyl (C=O) groups is 2. The van der Waals surface area contributed by atoms with E-state index < -0.39 is 0 Å². The van der Waals surface area contributed by atoms with E-state index >= 15 is 0 Å². The summed E-state index contributed by atoms with van der Waals surface area (Å²) >= 11 is 0. The number of imidazole rings is 1. The average Bonchev–Trinajstić information content (AvgIpc) is 3.55. The predicted molar refractivity (Wildman–Crippen MR) is 148 cm³/mol. The van der Waals surface area contributed by atoms with Gasteiger partial charge in [0.1, 0.15) is 5.52 Å². The minimum Gasteiger partial charge on any atom is -0.348 e. The Morgan fingerprint density at radius 3 is 2.58 bits per heavy atom. The number of aromatic amines is 1. The van der Waals surface area contributed by atoms with Gasteiger partial charge in [-0.2, -0.15) is 9.97 Å². The number of hydrogen-bond donors (Lipinski definition) is 2. The molecule has 2 atom stereocenters. The molecule has 2 aliphatic rings. The summed E-state index contributed by atoms with van der Waals surface area (Å²) in [7, 11) is 0. The molecule has 0 spiro atoms. The third kappa shape index (κ3) is 5.26. The minimum atomic E-state index is -0.0445. The van der Waals surface area contributed by atoms with Gasteiger partial charge in [0.05, 0.1) is 12.4 Å². The number of aromatic nitrogens is 4. The molecule has 2 aliphatic heterocycles. The summed E-state index contributed by atoms with van der Waals surface area (Å²) < 4.78 is 0. The highest BCUT2D eigenvalue weighted by Gasteiger charge is 2.36. The molecule has 2 N–H and O–H groups in total. The number of piperazine rings is 1. The second-order valence-electron chi connectivity index (χ2n) is 10.5. The summed E-state index contributed by atoms with van der Waals surface area (Å²) in [5.74, 6) is 1.45. The quantitative estimate of drug-likeness (QED) is 0.441. The lowest BCUT2D eigenvalue weighted by molar-refractivity contribution is -0.127. The van der Waals surface area contributed by atoms with Crippen LogP contribution in [0.15, 0.2) is 43.2 Å². The topological polar surface area (TPSA) is 110 Å². The van der Waals surface area contributed by atoms with Crippen molar-refractivity contribution >= 4 is 34.7 Å². The number of hydrogen-bond acceptors (Lipinski definition) is 7. The second-order valence-corrected chi connectivity index (χ2v) is 10.5. The number of carbonyl (C=O) groups excluding carboxylic acids is 2. The van der Waals surface area contributed by atoms with Gasteiger partial charge in [0.15, 0.2) is 11.5 Å². The maximum Gasteiger partial charge on any atom is 0.246 e. The Hall–Kier alpha value is -3.79. The molecule has 3 aromatic rings. The van der Waals surface area contributed by atoms with E-state index in [-0.39, 0.29) is 23.9 Å². The van der Waals surface area contributed by atoms with E-state index in [1.54, 1.807) is 6.33 Å². The van der Waals surface area contributed by atoms with Crippen LogP contribution in [0.25, 0.3) is 11.2 Å². The Morgan fingerprint density at radius 2 is 1.89 bits per heavy atom. The third-order valence-corrected chi connectivity index (χ3v) is 7.61. The number of amides is 2. The van der Waals surface area contributed by atoms with Crippen molar-refractivity contribution in [1.29, 1.82) is 0 Å². The normalized spacial score (nSPS) is 19.4. The van der Waals surface area contributed by atoms with Crippen LogP contribution in [-0.2, 0) is 16.1 Å². The number of anilines is 2. The van der Waals surface area contributed by atoms with Crippen LogP contribution >= 0.6 is 0 Å². The van der Waals surface area contributed by atoms with Gasteiger partial charge in [-0.3, -0.25) is 19.4 Å². The van der Waals surface area contributed by atoms with Gasteiger partial charge in [-0.15, -0.1) is 0 Å². The van der Waals surface area contributed by atoms with Crippen molar-refractivity contribution in [1.82, 2.24) is 29.7 Å². The molecule has 0 saturated carbocycles. The fourth-order valence-corrected chi connectivity index (χ4v) is 5.37. The van der Waals surface area contributed by atoms with Crippen molar-refractivity contribution in [3.05, 3.63) is 54.4 Å². The highest BCUT2D eigenvalue weighted by Crippen LogP contribution is 2.34. The van der Waals surface area contributed by atoms with Gasteiger partial charge in [-0.05, 0) is 36.5 Å². The molecule has 38 heavy (non-hydrogen) atoms. The first-order valence-electron chi connectivity index (χ1n) is 13.4. The van der Waals surface area contributed by atoms with Crippen molar-refractivity contribution in [2.24, 2.45) is 5.92 Å². The van der Waals surface area contributed by atoms with E-state index in [9.17, 15) is 9.59 Å². The Labute approximate surface area is 223 Å². The lowest BCUT2D eigenvalue weighted by Crippen LogP contribution is -2.47. The Bertz CT molecular complexity index is 1310. The van der Waals surface area contributed by atoms with E-state index in [1.807, 2.05) is 9.80 Å². The largest absolute Gasteiger partial charge is 0.348 e. The first kappa shape index (κ1) is 25.8. The Balaban J connectivity index is 1.27. The summed E-state index contributed by atoms with van der Waals surface area (Å²) in [5.41, 5.74) is 3.56. The number of nitrogens with zero attached hydrogens (tertiary/aromatic N) is 6. The number of benzene rings is 1. The maximum atomic E-state index is 12.8.